The third-order valence-electron chi connectivity index (χ3n) is 6.13. The first-order valence-electron chi connectivity index (χ1n) is 10.6. The molecule has 10 heteroatoms. The molecule has 0 bridgehead atoms. The number of rotatable bonds is 5. The zero-order valence-electron chi connectivity index (χ0n) is 18.7. The van der Waals surface area contributed by atoms with E-state index in [0.717, 1.165) is 17.2 Å². The number of hydrogen-bond acceptors (Lipinski definition) is 4. The molecule has 2 aliphatic heterocycles. The molecule has 0 aliphatic carbocycles. The van der Waals surface area contributed by atoms with Crippen LogP contribution in [-0.4, -0.2) is 45.9 Å². The van der Waals surface area contributed by atoms with Crippen LogP contribution in [-0.2, 0) is 12.5 Å². The Kier molecular flexibility index (Phi) is 5.72. The number of likely N-dealkylation sites (N-methyl/N-ethyl adjacent to an activating group) is 1. The van der Waals surface area contributed by atoms with Gasteiger partial charge in [-0.1, -0.05) is 25.1 Å². The molecule has 0 saturated carbocycles. The van der Waals surface area contributed by atoms with Crippen LogP contribution in [0.2, 0.25) is 0 Å². The van der Waals surface area contributed by atoms with Crippen molar-refractivity contribution in [2.24, 2.45) is 0 Å². The van der Waals surface area contributed by atoms with E-state index in [2.05, 4.69) is 0 Å². The quantitative estimate of drug-likeness (QED) is 0.446. The number of ether oxygens (including phenoxy) is 1. The first kappa shape index (κ1) is 24.2. The van der Waals surface area contributed by atoms with E-state index in [0.29, 0.717) is 22.8 Å². The second kappa shape index (κ2) is 8.06. The summed E-state index contributed by atoms with van der Waals surface area (Å²) < 4.78 is 73.8. The zero-order chi connectivity index (χ0) is 25.1. The van der Waals surface area contributed by atoms with Crippen molar-refractivity contribution < 1.29 is 36.7 Å². The Balaban J connectivity index is 1.95. The molecule has 0 aromatic heterocycles. The molecule has 0 atom stereocenters. The molecule has 0 radical (unpaired) electrons. The third-order valence-corrected chi connectivity index (χ3v) is 6.13. The first-order chi connectivity index (χ1) is 15.8. The molecule has 2 aliphatic rings. The summed E-state index contributed by atoms with van der Waals surface area (Å²) in [6.45, 7) is 5.24. The Bertz CT molecular complexity index is 1170. The summed E-state index contributed by atoms with van der Waals surface area (Å²) in [5.41, 5.74) is -0.799. The number of nitrogens with zero attached hydrogens (tertiary/aromatic N) is 2. The summed E-state index contributed by atoms with van der Waals surface area (Å²) >= 11 is 0. The molecule has 0 fully saturated rings. The van der Waals surface area contributed by atoms with Gasteiger partial charge in [-0.25, -0.2) is 0 Å². The molecule has 1 N–H and O–H groups in total. The summed E-state index contributed by atoms with van der Waals surface area (Å²) in [5.74, 6) is -5.46. The minimum absolute atomic E-state index is 0.0650. The van der Waals surface area contributed by atoms with Gasteiger partial charge in [0.25, 0.3) is 5.91 Å². The fourth-order valence-corrected chi connectivity index (χ4v) is 4.25. The Hall–Kier alpha value is -2.98. The van der Waals surface area contributed by atoms with Gasteiger partial charge in [0.05, 0.1) is 18.8 Å². The van der Waals surface area contributed by atoms with Crippen LogP contribution in [0.25, 0.3) is 5.70 Å². The fourth-order valence-electron chi connectivity index (χ4n) is 4.25. The van der Waals surface area contributed by atoms with Gasteiger partial charge in [-0.2, -0.15) is 27.0 Å². The molecule has 2 aromatic rings. The van der Waals surface area contributed by atoms with E-state index in [1.165, 1.54) is 4.90 Å². The van der Waals surface area contributed by atoms with Crippen molar-refractivity contribution in [1.82, 2.24) is 9.96 Å². The molecule has 0 spiro atoms. The zero-order valence-corrected chi connectivity index (χ0v) is 18.7. The monoisotopic (exact) mass is 482 g/mol. The van der Waals surface area contributed by atoms with Crippen LogP contribution in [0.1, 0.15) is 47.8 Å². The summed E-state index contributed by atoms with van der Waals surface area (Å²) in [6, 6.07) is 9.27. The maximum atomic E-state index is 14.2. The van der Waals surface area contributed by atoms with Gasteiger partial charge in [-0.15, -0.1) is 0 Å². The van der Waals surface area contributed by atoms with E-state index in [9.17, 15) is 32.0 Å². The molecule has 34 heavy (non-hydrogen) atoms. The van der Waals surface area contributed by atoms with E-state index in [4.69, 9.17) is 4.74 Å². The average Bonchev–Trinajstić information content (AvgIpc) is 3.09. The second-order valence-electron chi connectivity index (χ2n) is 8.75. The van der Waals surface area contributed by atoms with Crippen molar-refractivity contribution in [2.75, 3.05) is 13.1 Å². The van der Waals surface area contributed by atoms with Crippen LogP contribution in [0, 0.1) is 0 Å². The van der Waals surface area contributed by atoms with Crippen molar-refractivity contribution in [3.05, 3.63) is 70.3 Å². The van der Waals surface area contributed by atoms with E-state index >= 15 is 0 Å². The summed E-state index contributed by atoms with van der Waals surface area (Å²) in [6.07, 6.45) is -5.80. The molecule has 2 aromatic carbocycles. The number of hydroxylamine groups is 2. The van der Waals surface area contributed by atoms with E-state index in [1.54, 1.807) is 45.0 Å². The van der Waals surface area contributed by atoms with Crippen LogP contribution < -0.4 is 4.74 Å². The van der Waals surface area contributed by atoms with Crippen LogP contribution >= 0.6 is 0 Å². The maximum Gasteiger partial charge on any atom is 0.458 e. The second-order valence-corrected chi connectivity index (χ2v) is 8.75. The highest BCUT2D eigenvalue weighted by Crippen LogP contribution is 2.49. The topological polar surface area (TPSA) is 53.0 Å². The lowest BCUT2D eigenvalue weighted by atomic mass is 9.87. The number of carbonyl (C=O) groups excluding carboxylic acids is 1. The summed E-state index contributed by atoms with van der Waals surface area (Å²) in [5, 5.41) is 11.2. The standard InChI is InChI=1S/C24H23F5N2O3/c1-4-30(33)13-18-20(31-12-14-7-5-6-8-16(14)21(31)32)17-11-15(23(25,26)24(27,28)29)9-10-19(17)34-22(18,2)3/h5-11,33H,4,12-13H2,1-3H3. The highest BCUT2D eigenvalue weighted by molar-refractivity contribution is 6.04. The van der Waals surface area contributed by atoms with Gasteiger partial charge in [-0.05, 0) is 43.7 Å². The lowest BCUT2D eigenvalue weighted by Crippen LogP contribution is -2.43. The minimum atomic E-state index is -5.80. The Morgan fingerprint density at radius 3 is 2.38 bits per heavy atom. The fraction of sp³-hybridized carbons (Fsp3) is 0.375. The Morgan fingerprint density at radius 1 is 1.09 bits per heavy atom. The number of carbonyl (C=O) groups is 1. The number of fused-ring (bicyclic) bond motifs is 2. The SMILES string of the molecule is CCN(O)CC1=C(N2Cc3ccccc3C2=O)c2cc(C(F)(F)C(F)(F)F)ccc2OC1(C)C. The van der Waals surface area contributed by atoms with Crippen molar-refractivity contribution in [1.29, 1.82) is 0 Å². The Labute approximate surface area is 193 Å². The largest absolute Gasteiger partial charge is 0.483 e. The highest BCUT2D eigenvalue weighted by Gasteiger charge is 2.59. The van der Waals surface area contributed by atoms with E-state index in [-0.39, 0.29) is 36.6 Å². The van der Waals surface area contributed by atoms with Crippen molar-refractivity contribution in [2.45, 2.75) is 45.0 Å². The number of benzene rings is 2. The molecule has 5 nitrogen and oxygen atoms in total. The molecule has 0 unspecified atom stereocenters. The molecule has 182 valence electrons. The smallest absolute Gasteiger partial charge is 0.458 e. The van der Waals surface area contributed by atoms with Gasteiger partial charge in [0.15, 0.2) is 0 Å². The first-order valence-corrected chi connectivity index (χ1v) is 10.6. The average molecular weight is 482 g/mol. The van der Waals surface area contributed by atoms with Crippen LogP contribution in [0.3, 0.4) is 0 Å². The van der Waals surface area contributed by atoms with Gasteiger partial charge in [0, 0.05) is 28.8 Å². The lowest BCUT2D eigenvalue weighted by molar-refractivity contribution is -0.289. The van der Waals surface area contributed by atoms with Crippen molar-refractivity contribution in [3.63, 3.8) is 0 Å². The normalized spacial score (nSPS) is 17.7. The van der Waals surface area contributed by atoms with Gasteiger partial charge >= 0.3 is 12.1 Å². The molecule has 2 heterocycles. The predicted octanol–water partition coefficient (Wildman–Crippen LogP) is 5.59. The van der Waals surface area contributed by atoms with Crippen molar-refractivity contribution >= 4 is 11.6 Å². The summed E-state index contributed by atoms with van der Waals surface area (Å²) in [4.78, 5) is 14.7. The lowest BCUT2D eigenvalue weighted by Gasteiger charge is -2.40. The molecule has 4 rings (SSSR count). The number of halogens is 5. The predicted molar refractivity (Wildman–Crippen MR) is 113 cm³/mol. The van der Waals surface area contributed by atoms with E-state index in [1.807, 2.05) is 0 Å². The minimum Gasteiger partial charge on any atom is -0.483 e. The maximum absolute atomic E-state index is 14.2. The van der Waals surface area contributed by atoms with Gasteiger partial charge in [0.2, 0.25) is 0 Å². The molecular formula is C24H23F5N2O3. The van der Waals surface area contributed by atoms with Gasteiger partial charge in [0.1, 0.15) is 11.4 Å². The summed E-state index contributed by atoms with van der Waals surface area (Å²) in [7, 11) is 0. The number of hydrogen-bond donors (Lipinski definition) is 1. The highest BCUT2D eigenvalue weighted by atomic mass is 19.4. The van der Waals surface area contributed by atoms with Crippen LogP contribution in [0.15, 0.2) is 48.0 Å². The van der Waals surface area contributed by atoms with Gasteiger partial charge in [-0.3, -0.25) is 4.79 Å². The molecule has 1 amide bonds. The van der Waals surface area contributed by atoms with Crippen LogP contribution in [0.5, 0.6) is 5.75 Å². The molecular weight excluding hydrogens is 459 g/mol. The van der Waals surface area contributed by atoms with Gasteiger partial charge < -0.3 is 14.8 Å². The molecule has 0 saturated heterocycles. The number of amides is 1. The van der Waals surface area contributed by atoms with Crippen molar-refractivity contribution in [3.8, 4) is 5.75 Å². The van der Waals surface area contributed by atoms with Crippen LogP contribution in [0.4, 0.5) is 22.0 Å². The Morgan fingerprint density at radius 2 is 1.76 bits per heavy atom. The third kappa shape index (κ3) is 3.84. The number of alkyl halides is 5. The van der Waals surface area contributed by atoms with E-state index < -0.39 is 29.2 Å².